The van der Waals surface area contributed by atoms with E-state index in [1.807, 2.05) is 0 Å². The molecule has 2 saturated carbocycles. The number of rotatable bonds is 4. The molecule has 2 atom stereocenters. The molecule has 2 nitrogen and oxygen atoms in total. The van der Waals surface area contributed by atoms with Gasteiger partial charge in [0.1, 0.15) is 0 Å². The number of hydrogen-bond acceptors (Lipinski definition) is 2. The molecule has 2 heteroatoms. The molecule has 14 heavy (non-hydrogen) atoms. The number of nitrogens with two attached hydrogens (primary N) is 1. The Hall–Kier alpha value is -0.0800. The molecular formula is C12H24N2. The van der Waals surface area contributed by atoms with E-state index in [0.717, 1.165) is 5.92 Å². The van der Waals surface area contributed by atoms with Crippen LogP contribution in [0.3, 0.4) is 0 Å². The van der Waals surface area contributed by atoms with Crippen LogP contribution in [0.2, 0.25) is 0 Å². The van der Waals surface area contributed by atoms with Gasteiger partial charge in [-0.2, -0.15) is 0 Å². The standard InChI is InChI=1S/C12H24N2/c13-11-6-3-7-12(11)14-9-8-10-4-1-2-5-10/h10-12,14H,1-9,13H2. The van der Waals surface area contributed by atoms with Crippen molar-refractivity contribution in [2.24, 2.45) is 11.7 Å². The van der Waals surface area contributed by atoms with Crippen LogP contribution in [-0.4, -0.2) is 18.6 Å². The minimum absolute atomic E-state index is 0.429. The monoisotopic (exact) mass is 196 g/mol. The first kappa shape index (κ1) is 10.4. The largest absolute Gasteiger partial charge is 0.326 e. The maximum Gasteiger partial charge on any atom is 0.0219 e. The molecule has 2 aliphatic carbocycles. The molecule has 2 aliphatic rings. The molecule has 0 aromatic carbocycles. The van der Waals surface area contributed by atoms with Gasteiger partial charge >= 0.3 is 0 Å². The fraction of sp³-hybridized carbons (Fsp3) is 1.00. The highest BCUT2D eigenvalue weighted by atomic mass is 15.0. The van der Waals surface area contributed by atoms with Crippen LogP contribution in [0.15, 0.2) is 0 Å². The Kier molecular flexibility index (Phi) is 3.82. The van der Waals surface area contributed by atoms with Crippen LogP contribution in [0.25, 0.3) is 0 Å². The molecule has 0 radical (unpaired) electrons. The van der Waals surface area contributed by atoms with E-state index in [1.165, 1.54) is 57.9 Å². The Morgan fingerprint density at radius 3 is 2.43 bits per heavy atom. The number of hydrogen-bond donors (Lipinski definition) is 2. The van der Waals surface area contributed by atoms with Gasteiger partial charge in [0.25, 0.3) is 0 Å². The molecule has 0 aliphatic heterocycles. The van der Waals surface area contributed by atoms with Crippen LogP contribution in [0.1, 0.15) is 51.4 Å². The summed E-state index contributed by atoms with van der Waals surface area (Å²) in [7, 11) is 0. The molecule has 0 heterocycles. The summed E-state index contributed by atoms with van der Waals surface area (Å²) < 4.78 is 0. The van der Waals surface area contributed by atoms with Crippen molar-refractivity contribution in [2.45, 2.75) is 63.5 Å². The molecule has 0 amide bonds. The van der Waals surface area contributed by atoms with Gasteiger partial charge in [-0.3, -0.25) is 0 Å². The lowest BCUT2D eigenvalue weighted by molar-refractivity contribution is 0.422. The molecule has 0 spiro atoms. The highest BCUT2D eigenvalue weighted by Crippen LogP contribution is 2.27. The summed E-state index contributed by atoms with van der Waals surface area (Å²) in [5.41, 5.74) is 6.01. The Balaban J connectivity index is 1.57. The summed E-state index contributed by atoms with van der Waals surface area (Å²) in [6.45, 7) is 1.20. The minimum atomic E-state index is 0.429. The molecule has 2 rings (SSSR count). The zero-order valence-corrected chi connectivity index (χ0v) is 9.17. The average molecular weight is 196 g/mol. The predicted octanol–water partition coefficient (Wildman–Crippen LogP) is 2.04. The summed E-state index contributed by atoms with van der Waals surface area (Å²) >= 11 is 0. The first-order valence-corrected chi connectivity index (χ1v) is 6.35. The molecule has 82 valence electrons. The molecule has 0 bridgehead atoms. The maximum atomic E-state index is 6.01. The summed E-state index contributed by atoms with van der Waals surface area (Å²) in [4.78, 5) is 0. The highest BCUT2D eigenvalue weighted by Gasteiger charge is 2.23. The van der Waals surface area contributed by atoms with Gasteiger partial charge in [-0.15, -0.1) is 0 Å². The summed E-state index contributed by atoms with van der Waals surface area (Å²) in [6, 6.07) is 1.05. The van der Waals surface area contributed by atoms with Crippen molar-refractivity contribution in [3.8, 4) is 0 Å². The topological polar surface area (TPSA) is 38.0 Å². The van der Waals surface area contributed by atoms with Crippen LogP contribution in [0.5, 0.6) is 0 Å². The third-order valence-electron chi connectivity index (χ3n) is 4.00. The van der Waals surface area contributed by atoms with Crippen molar-refractivity contribution in [1.82, 2.24) is 5.32 Å². The predicted molar refractivity (Wildman–Crippen MR) is 60.2 cm³/mol. The van der Waals surface area contributed by atoms with Gasteiger partial charge in [0, 0.05) is 12.1 Å². The lowest BCUT2D eigenvalue weighted by atomic mass is 10.0. The summed E-state index contributed by atoms with van der Waals surface area (Å²) in [5, 5.41) is 3.63. The zero-order chi connectivity index (χ0) is 9.80. The lowest BCUT2D eigenvalue weighted by Crippen LogP contribution is -2.41. The van der Waals surface area contributed by atoms with Gasteiger partial charge in [-0.1, -0.05) is 32.1 Å². The molecule has 0 saturated heterocycles. The molecular weight excluding hydrogens is 172 g/mol. The van der Waals surface area contributed by atoms with Gasteiger partial charge in [0.2, 0.25) is 0 Å². The van der Waals surface area contributed by atoms with E-state index in [2.05, 4.69) is 5.32 Å². The number of nitrogens with one attached hydrogen (secondary N) is 1. The smallest absolute Gasteiger partial charge is 0.0219 e. The second-order valence-electron chi connectivity index (χ2n) is 5.09. The van der Waals surface area contributed by atoms with Gasteiger partial charge in [-0.05, 0) is 31.7 Å². The fourth-order valence-corrected chi connectivity index (χ4v) is 3.01. The zero-order valence-electron chi connectivity index (χ0n) is 9.17. The molecule has 0 aromatic heterocycles. The molecule has 2 fully saturated rings. The SMILES string of the molecule is NC1CCCC1NCCC1CCCC1. The second-order valence-corrected chi connectivity index (χ2v) is 5.09. The van der Waals surface area contributed by atoms with Crippen LogP contribution in [0, 0.1) is 5.92 Å². The minimum Gasteiger partial charge on any atom is -0.326 e. The van der Waals surface area contributed by atoms with Gasteiger partial charge in [0.15, 0.2) is 0 Å². The van der Waals surface area contributed by atoms with E-state index in [4.69, 9.17) is 5.73 Å². The molecule has 3 N–H and O–H groups in total. The lowest BCUT2D eigenvalue weighted by Gasteiger charge is -2.18. The van der Waals surface area contributed by atoms with Crippen LogP contribution < -0.4 is 11.1 Å². The van der Waals surface area contributed by atoms with Crippen molar-refractivity contribution in [3.05, 3.63) is 0 Å². The van der Waals surface area contributed by atoms with Crippen molar-refractivity contribution in [1.29, 1.82) is 0 Å². The van der Waals surface area contributed by atoms with Crippen molar-refractivity contribution in [2.75, 3.05) is 6.54 Å². The van der Waals surface area contributed by atoms with Gasteiger partial charge in [-0.25, -0.2) is 0 Å². The van der Waals surface area contributed by atoms with Crippen molar-refractivity contribution in [3.63, 3.8) is 0 Å². The quantitative estimate of drug-likeness (QED) is 0.722. The third-order valence-corrected chi connectivity index (χ3v) is 4.00. The normalized spacial score (nSPS) is 34.1. The third kappa shape index (κ3) is 2.71. The Bertz CT molecular complexity index is 164. The summed E-state index contributed by atoms with van der Waals surface area (Å²) in [5.74, 6) is 1.01. The fourth-order valence-electron chi connectivity index (χ4n) is 3.01. The highest BCUT2D eigenvalue weighted by molar-refractivity contribution is 4.86. The Morgan fingerprint density at radius 1 is 1.00 bits per heavy atom. The second kappa shape index (κ2) is 5.13. The summed E-state index contributed by atoms with van der Waals surface area (Å²) in [6.07, 6.45) is 11.1. The van der Waals surface area contributed by atoms with E-state index in [9.17, 15) is 0 Å². The van der Waals surface area contributed by atoms with Crippen LogP contribution in [0.4, 0.5) is 0 Å². The van der Waals surface area contributed by atoms with Crippen molar-refractivity contribution >= 4 is 0 Å². The van der Waals surface area contributed by atoms with E-state index < -0.39 is 0 Å². The van der Waals surface area contributed by atoms with E-state index in [1.54, 1.807) is 0 Å². The van der Waals surface area contributed by atoms with Crippen LogP contribution >= 0.6 is 0 Å². The Morgan fingerprint density at radius 2 is 1.79 bits per heavy atom. The van der Waals surface area contributed by atoms with E-state index in [0.29, 0.717) is 12.1 Å². The molecule has 0 aromatic rings. The van der Waals surface area contributed by atoms with E-state index in [-0.39, 0.29) is 0 Å². The maximum absolute atomic E-state index is 6.01. The first-order chi connectivity index (χ1) is 6.86. The van der Waals surface area contributed by atoms with Gasteiger partial charge in [0.05, 0.1) is 0 Å². The average Bonchev–Trinajstić information content (AvgIpc) is 2.78. The Labute approximate surface area is 87.6 Å². The van der Waals surface area contributed by atoms with Gasteiger partial charge < -0.3 is 11.1 Å². The van der Waals surface area contributed by atoms with Crippen LogP contribution in [-0.2, 0) is 0 Å². The molecule has 2 unspecified atom stereocenters. The van der Waals surface area contributed by atoms with Crippen molar-refractivity contribution < 1.29 is 0 Å². The van der Waals surface area contributed by atoms with E-state index >= 15 is 0 Å². The first-order valence-electron chi connectivity index (χ1n) is 6.35.